The predicted octanol–water partition coefficient (Wildman–Crippen LogP) is 4.60. The van der Waals surface area contributed by atoms with Gasteiger partial charge in [-0.1, -0.05) is 51.8 Å². The van der Waals surface area contributed by atoms with Crippen molar-refractivity contribution in [3.8, 4) is 0 Å². The van der Waals surface area contributed by atoms with Gasteiger partial charge in [-0.25, -0.2) is 4.39 Å². The minimum Gasteiger partial charge on any atom is -0.330 e. The smallest absolute Gasteiger partial charge is 0.144 e. The van der Waals surface area contributed by atoms with Crippen LogP contribution in [-0.2, 0) is 12.8 Å². The van der Waals surface area contributed by atoms with Crippen molar-refractivity contribution in [2.75, 3.05) is 6.54 Å². The number of benzene rings is 2. The summed E-state index contributed by atoms with van der Waals surface area (Å²) in [6, 6.07) is 13.2. The van der Waals surface area contributed by atoms with E-state index in [1.54, 1.807) is 18.2 Å². The van der Waals surface area contributed by atoms with Crippen LogP contribution in [0.1, 0.15) is 11.1 Å². The van der Waals surface area contributed by atoms with E-state index < -0.39 is 0 Å². The Kier molecular flexibility index (Phi) is 5.58. The van der Waals surface area contributed by atoms with Gasteiger partial charge in [0.15, 0.2) is 0 Å². The molecule has 0 aliphatic heterocycles. The van der Waals surface area contributed by atoms with E-state index in [-0.39, 0.29) is 16.8 Å². The monoisotopic (exact) mass is 355 g/mol. The Labute approximate surface area is 132 Å². The Morgan fingerprint density at radius 3 is 2.60 bits per heavy atom. The molecule has 0 spiro atoms. The van der Waals surface area contributed by atoms with E-state index in [4.69, 9.17) is 17.3 Å². The number of rotatable bonds is 5. The second-order valence-electron chi connectivity index (χ2n) is 4.85. The standard InChI is InChI=1S/C16H16BrClFN/c17-14-5-1-3-11(9-14)7-12(10-20)8-13-4-2-6-15(18)16(13)19/h1-6,9,12H,7-8,10,20H2. The zero-order chi connectivity index (χ0) is 14.5. The van der Waals surface area contributed by atoms with Crippen molar-refractivity contribution in [2.45, 2.75) is 12.8 Å². The maximum atomic E-state index is 13.9. The maximum Gasteiger partial charge on any atom is 0.144 e. The van der Waals surface area contributed by atoms with E-state index in [0.29, 0.717) is 18.5 Å². The molecule has 2 N–H and O–H groups in total. The molecule has 2 rings (SSSR count). The van der Waals surface area contributed by atoms with Gasteiger partial charge in [0.05, 0.1) is 5.02 Å². The van der Waals surface area contributed by atoms with E-state index >= 15 is 0 Å². The molecule has 0 heterocycles. The lowest BCUT2D eigenvalue weighted by Crippen LogP contribution is -2.20. The molecule has 106 valence electrons. The van der Waals surface area contributed by atoms with Crippen LogP contribution in [0, 0.1) is 11.7 Å². The van der Waals surface area contributed by atoms with Gasteiger partial charge in [0.2, 0.25) is 0 Å². The van der Waals surface area contributed by atoms with Crippen LogP contribution in [-0.4, -0.2) is 6.54 Å². The zero-order valence-electron chi connectivity index (χ0n) is 11.0. The first-order valence-electron chi connectivity index (χ1n) is 6.47. The fraction of sp³-hybridized carbons (Fsp3) is 0.250. The summed E-state index contributed by atoms with van der Waals surface area (Å²) in [4.78, 5) is 0. The molecule has 0 saturated carbocycles. The third kappa shape index (κ3) is 4.05. The lowest BCUT2D eigenvalue weighted by atomic mass is 9.92. The topological polar surface area (TPSA) is 26.0 Å². The van der Waals surface area contributed by atoms with E-state index in [9.17, 15) is 4.39 Å². The highest BCUT2D eigenvalue weighted by Crippen LogP contribution is 2.22. The van der Waals surface area contributed by atoms with Gasteiger partial charge >= 0.3 is 0 Å². The second kappa shape index (κ2) is 7.21. The molecule has 1 unspecified atom stereocenters. The summed E-state index contributed by atoms with van der Waals surface area (Å²) in [5, 5.41) is 0.167. The van der Waals surface area contributed by atoms with Crippen molar-refractivity contribution in [1.82, 2.24) is 0 Å². The number of nitrogens with two attached hydrogens (primary N) is 1. The van der Waals surface area contributed by atoms with E-state index in [2.05, 4.69) is 28.1 Å². The summed E-state index contributed by atoms with van der Waals surface area (Å²) in [6.07, 6.45) is 1.41. The lowest BCUT2D eigenvalue weighted by molar-refractivity contribution is 0.512. The molecule has 0 radical (unpaired) electrons. The number of hydrogen-bond donors (Lipinski definition) is 1. The number of halogens is 3. The molecule has 0 aromatic heterocycles. The molecule has 1 atom stereocenters. The van der Waals surface area contributed by atoms with Crippen molar-refractivity contribution in [1.29, 1.82) is 0 Å². The summed E-state index contributed by atoms with van der Waals surface area (Å²) < 4.78 is 15.0. The molecule has 0 bridgehead atoms. The fourth-order valence-corrected chi connectivity index (χ4v) is 2.89. The SMILES string of the molecule is NCC(Cc1cccc(Br)c1)Cc1cccc(Cl)c1F. The minimum absolute atomic E-state index is 0.167. The summed E-state index contributed by atoms with van der Waals surface area (Å²) in [7, 11) is 0. The third-order valence-corrected chi connectivity index (χ3v) is 4.07. The second-order valence-corrected chi connectivity index (χ2v) is 6.18. The highest BCUT2D eigenvalue weighted by molar-refractivity contribution is 9.10. The summed E-state index contributed by atoms with van der Waals surface area (Å²) in [5.41, 5.74) is 7.65. The van der Waals surface area contributed by atoms with Gasteiger partial charge in [-0.15, -0.1) is 0 Å². The Morgan fingerprint density at radius 2 is 1.90 bits per heavy atom. The fourth-order valence-electron chi connectivity index (χ4n) is 2.25. The van der Waals surface area contributed by atoms with Crippen molar-refractivity contribution < 1.29 is 4.39 Å². The van der Waals surface area contributed by atoms with E-state index in [1.807, 2.05) is 12.1 Å². The van der Waals surface area contributed by atoms with Gasteiger partial charge in [-0.2, -0.15) is 0 Å². The van der Waals surface area contributed by atoms with E-state index in [0.717, 1.165) is 10.9 Å². The Morgan fingerprint density at radius 1 is 1.15 bits per heavy atom. The molecule has 2 aromatic rings. The highest BCUT2D eigenvalue weighted by Gasteiger charge is 2.13. The molecule has 0 aliphatic carbocycles. The van der Waals surface area contributed by atoms with Crippen LogP contribution in [0.25, 0.3) is 0 Å². The zero-order valence-corrected chi connectivity index (χ0v) is 13.3. The molecule has 2 aromatic carbocycles. The van der Waals surface area contributed by atoms with Crippen LogP contribution in [0.4, 0.5) is 4.39 Å². The van der Waals surface area contributed by atoms with Crippen LogP contribution >= 0.6 is 27.5 Å². The van der Waals surface area contributed by atoms with Gasteiger partial charge in [-0.05, 0) is 54.6 Å². The quantitative estimate of drug-likeness (QED) is 0.832. The summed E-state index contributed by atoms with van der Waals surface area (Å²) in [6.45, 7) is 0.512. The average Bonchev–Trinajstić information content (AvgIpc) is 2.43. The molecular weight excluding hydrogens is 341 g/mol. The van der Waals surface area contributed by atoms with Crippen molar-refractivity contribution >= 4 is 27.5 Å². The molecular formula is C16H16BrClFN. The molecule has 20 heavy (non-hydrogen) atoms. The van der Waals surface area contributed by atoms with Crippen LogP contribution in [0.2, 0.25) is 5.02 Å². The van der Waals surface area contributed by atoms with Crippen LogP contribution in [0.3, 0.4) is 0 Å². The van der Waals surface area contributed by atoms with Crippen LogP contribution in [0.5, 0.6) is 0 Å². The molecule has 0 aliphatic rings. The van der Waals surface area contributed by atoms with Gasteiger partial charge in [-0.3, -0.25) is 0 Å². The van der Waals surface area contributed by atoms with Gasteiger partial charge in [0, 0.05) is 4.47 Å². The van der Waals surface area contributed by atoms with E-state index in [1.165, 1.54) is 5.56 Å². The molecule has 0 fully saturated rings. The number of hydrogen-bond acceptors (Lipinski definition) is 1. The Hall–Kier alpha value is -0.900. The van der Waals surface area contributed by atoms with Crippen LogP contribution in [0.15, 0.2) is 46.9 Å². The first kappa shape index (κ1) is 15.5. The largest absolute Gasteiger partial charge is 0.330 e. The van der Waals surface area contributed by atoms with Crippen molar-refractivity contribution in [2.24, 2.45) is 11.7 Å². The van der Waals surface area contributed by atoms with Gasteiger partial charge in [0.1, 0.15) is 5.82 Å². The van der Waals surface area contributed by atoms with Crippen molar-refractivity contribution in [3.63, 3.8) is 0 Å². The molecule has 1 nitrogen and oxygen atoms in total. The predicted molar refractivity (Wildman–Crippen MR) is 85.5 cm³/mol. The molecule has 4 heteroatoms. The maximum absolute atomic E-state index is 13.9. The Bertz CT molecular complexity index is 588. The third-order valence-electron chi connectivity index (χ3n) is 3.29. The summed E-state index contributed by atoms with van der Waals surface area (Å²) >= 11 is 9.26. The molecule has 0 amide bonds. The highest BCUT2D eigenvalue weighted by atomic mass is 79.9. The Balaban J connectivity index is 2.11. The van der Waals surface area contributed by atoms with Gasteiger partial charge < -0.3 is 5.73 Å². The first-order chi connectivity index (χ1) is 9.60. The summed E-state index contributed by atoms with van der Waals surface area (Å²) in [5.74, 6) is -0.140. The average molecular weight is 357 g/mol. The molecule has 0 saturated heterocycles. The lowest BCUT2D eigenvalue weighted by Gasteiger charge is -2.16. The van der Waals surface area contributed by atoms with Gasteiger partial charge in [0.25, 0.3) is 0 Å². The first-order valence-corrected chi connectivity index (χ1v) is 7.64. The normalized spacial score (nSPS) is 12.4. The van der Waals surface area contributed by atoms with Crippen LogP contribution < -0.4 is 5.73 Å². The van der Waals surface area contributed by atoms with Crippen molar-refractivity contribution in [3.05, 3.63) is 68.9 Å². The minimum atomic E-state index is -0.332.